The molecule has 2 aromatic rings. The fraction of sp³-hybridized carbons (Fsp3) is 0.318. The van der Waals surface area contributed by atoms with Crippen LogP contribution in [0.2, 0.25) is 0 Å². The zero-order valence-corrected chi connectivity index (χ0v) is 17.1. The molecule has 0 spiro atoms. The van der Waals surface area contributed by atoms with Gasteiger partial charge in [-0.25, -0.2) is 4.39 Å². The number of carbonyl (C=O) groups excluding carboxylic acids is 3. The summed E-state index contributed by atoms with van der Waals surface area (Å²) in [4.78, 5) is 39.9. The van der Waals surface area contributed by atoms with Gasteiger partial charge in [0.15, 0.2) is 0 Å². The minimum atomic E-state index is -0.278. The minimum absolute atomic E-state index is 0.172. The Morgan fingerprint density at radius 2 is 1.43 bits per heavy atom. The number of rotatable bonds is 4. The highest BCUT2D eigenvalue weighted by atomic mass is 19.1. The molecule has 0 aliphatic carbocycles. The number of halogens is 1. The van der Waals surface area contributed by atoms with Gasteiger partial charge in [-0.05, 0) is 48.9 Å². The van der Waals surface area contributed by atoms with Crippen molar-refractivity contribution in [1.29, 1.82) is 0 Å². The summed E-state index contributed by atoms with van der Waals surface area (Å²) in [6.07, 6.45) is 0.771. The SMILES string of the molecule is CC(=O)Nc1cc(NC(C)=O)cc(C(=O)N2CCCN(c3ccc(F)cc3)CC2)c1. The topological polar surface area (TPSA) is 81.8 Å². The second kappa shape index (κ2) is 9.39. The third-order valence-electron chi connectivity index (χ3n) is 4.80. The highest BCUT2D eigenvalue weighted by molar-refractivity contribution is 6.00. The van der Waals surface area contributed by atoms with Crippen molar-refractivity contribution in [2.45, 2.75) is 20.3 Å². The van der Waals surface area contributed by atoms with Gasteiger partial charge in [0, 0.05) is 62.7 Å². The third kappa shape index (κ3) is 5.56. The molecule has 2 aromatic carbocycles. The lowest BCUT2D eigenvalue weighted by molar-refractivity contribution is -0.115. The Morgan fingerprint density at radius 3 is 2.00 bits per heavy atom. The predicted molar refractivity (Wildman–Crippen MR) is 114 cm³/mol. The standard InChI is InChI=1S/C22H25FN4O3/c1-15(28)24-19-12-17(13-20(14-19)25-16(2)29)22(30)27-9-3-8-26(10-11-27)21-6-4-18(23)5-7-21/h4-7,12-14H,3,8-11H2,1-2H3,(H,24,28)(H,25,29). The number of nitrogens with one attached hydrogen (secondary N) is 2. The zero-order chi connectivity index (χ0) is 21.7. The van der Waals surface area contributed by atoms with E-state index in [0.717, 1.165) is 18.7 Å². The first-order chi connectivity index (χ1) is 14.3. The van der Waals surface area contributed by atoms with Crippen molar-refractivity contribution in [2.75, 3.05) is 41.7 Å². The van der Waals surface area contributed by atoms with E-state index in [1.54, 1.807) is 35.2 Å². The molecule has 7 nitrogen and oxygen atoms in total. The average Bonchev–Trinajstić information content (AvgIpc) is 2.93. The van der Waals surface area contributed by atoms with Gasteiger partial charge in [0.05, 0.1) is 0 Å². The highest BCUT2D eigenvalue weighted by Gasteiger charge is 2.21. The molecule has 0 atom stereocenters. The van der Waals surface area contributed by atoms with Gasteiger partial charge in [-0.15, -0.1) is 0 Å². The first-order valence-electron chi connectivity index (χ1n) is 9.82. The van der Waals surface area contributed by atoms with E-state index < -0.39 is 0 Å². The Balaban J connectivity index is 1.77. The molecule has 1 aliphatic rings. The molecule has 30 heavy (non-hydrogen) atoms. The predicted octanol–water partition coefficient (Wildman–Crippen LogP) is 3.10. The molecule has 158 valence electrons. The highest BCUT2D eigenvalue weighted by Crippen LogP contribution is 2.22. The maximum Gasteiger partial charge on any atom is 0.254 e. The Morgan fingerprint density at radius 1 is 0.833 bits per heavy atom. The van der Waals surface area contributed by atoms with Crippen LogP contribution in [0.1, 0.15) is 30.6 Å². The molecule has 0 bridgehead atoms. The normalized spacial score (nSPS) is 14.1. The van der Waals surface area contributed by atoms with Crippen molar-refractivity contribution in [2.24, 2.45) is 0 Å². The molecule has 1 fully saturated rings. The lowest BCUT2D eigenvalue weighted by Crippen LogP contribution is -2.35. The van der Waals surface area contributed by atoms with Gasteiger partial charge in [-0.1, -0.05) is 0 Å². The number of hydrogen-bond acceptors (Lipinski definition) is 4. The lowest BCUT2D eigenvalue weighted by Gasteiger charge is -2.24. The van der Waals surface area contributed by atoms with Crippen LogP contribution in [0.4, 0.5) is 21.5 Å². The van der Waals surface area contributed by atoms with Crippen LogP contribution in [-0.2, 0) is 9.59 Å². The van der Waals surface area contributed by atoms with Crippen molar-refractivity contribution in [3.05, 3.63) is 53.8 Å². The van der Waals surface area contributed by atoms with Crippen LogP contribution < -0.4 is 15.5 Å². The Kier molecular flexibility index (Phi) is 6.66. The van der Waals surface area contributed by atoms with Crippen LogP contribution in [-0.4, -0.2) is 48.8 Å². The molecule has 0 radical (unpaired) electrons. The summed E-state index contributed by atoms with van der Waals surface area (Å²) in [7, 11) is 0. The van der Waals surface area contributed by atoms with Crippen molar-refractivity contribution in [3.63, 3.8) is 0 Å². The van der Waals surface area contributed by atoms with Gasteiger partial charge >= 0.3 is 0 Å². The van der Waals surface area contributed by atoms with Crippen molar-refractivity contribution in [3.8, 4) is 0 Å². The molecule has 0 unspecified atom stereocenters. The van der Waals surface area contributed by atoms with Crippen LogP contribution in [0.3, 0.4) is 0 Å². The molecule has 3 amide bonds. The molecular weight excluding hydrogens is 387 g/mol. The average molecular weight is 412 g/mol. The van der Waals surface area contributed by atoms with E-state index in [-0.39, 0.29) is 23.5 Å². The fourth-order valence-corrected chi connectivity index (χ4v) is 3.52. The van der Waals surface area contributed by atoms with Gasteiger partial charge in [0.2, 0.25) is 11.8 Å². The quantitative estimate of drug-likeness (QED) is 0.809. The zero-order valence-electron chi connectivity index (χ0n) is 17.1. The molecule has 1 aliphatic heterocycles. The summed E-state index contributed by atoms with van der Waals surface area (Å²) in [6, 6.07) is 11.2. The molecule has 0 aromatic heterocycles. The van der Waals surface area contributed by atoms with Gasteiger partial charge in [-0.3, -0.25) is 14.4 Å². The van der Waals surface area contributed by atoms with Gasteiger partial charge in [0.1, 0.15) is 5.82 Å². The first kappa shape index (κ1) is 21.3. The number of benzene rings is 2. The van der Waals surface area contributed by atoms with Crippen molar-refractivity contribution >= 4 is 34.8 Å². The maximum atomic E-state index is 13.2. The summed E-state index contributed by atoms with van der Waals surface area (Å²) in [6.45, 7) is 5.24. The van der Waals surface area contributed by atoms with E-state index in [2.05, 4.69) is 15.5 Å². The van der Waals surface area contributed by atoms with E-state index in [1.807, 2.05) is 0 Å². The summed E-state index contributed by atoms with van der Waals surface area (Å²) in [5, 5.41) is 5.32. The molecule has 8 heteroatoms. The maximum absolute atomic E-state index is 13.2. The molecule has 1 saturated heterocycles. The molecule has 3 rings (SSSR count). The van der Waals surface area contributed by atoms with E-state index in [0.29, 0.717) is 36.6 Å². The van der Waals surface area contributed by atoms with Crippen LogP contribution in [0.25, 0.3) is 0 Å². The van der Waals surface area contributed by atoms with Gasteiger partial charge in [0.25, 0.3) is 5.91 Å². The van der Waals surface area contributed by atoms with Crippen LogP contribution in [0.15, 0.2) is 42.5 Å². The Hall–Kier alpha value is -3.42. The number of nitrogens with zero attached hydrogens (tertiary/aromatic N) is 2. The summed E-state index contributed by atoms with van der Waals surface area (Å²) in [5.74, 6) is -0.981. The largest absolute Gasteiger partial charge is 0.370 e. The number of carbonyl (C=O) groups is 3. The van der Waals surface area contributed by atoms with Gasteiger partial charge in [-0.2, -0.15) is 0 Å². The minimum Gasteiger partial charge on any atom is -0.370 e. The van der Waals surface area contributed by atoms with Crippen LogP contribution in [0, 0.1) is 5.82 Å². The number of amides is 3. The van der Waals surface area contributed by atoms with E-state index in [1.165, 1.54) is 26.0 Å². The molecule has 1 heterocycles. The molecular formula is C22H25FN4O3. The van der Waals surface area contributed by atoms with E-state index in [9.17, 15) is 18.8 Å². The van der Waals surface area contributed by atoms with Crippen LogP contribution in [0.5, 0.6) is 0 Å². The number of hydrogen-bond donors (Lipinski definition) is 2. The van der Waals surface area contributed by atoms with E-state index >= 15 is 0 Å². The summed E-state index contributed by atoms with van der Waals surface area (Å²) >= 11 is 0. The third-order valence-corrected chi connectivity index (χ3v) is 4.80. The second-order valence-corrected chi connectivity index (χ2v) is 7.27. The van der Waals surface area contributed by atoms with Crippen molar-refractivity contribution < 1.29 is 18.8 Å². The second-order valence-electron chi connectivity index (χ2n) is 7.27. The number of anilines is 3. The smallest absolute Gasteiger partial charge is 0.254 e. The lowest BCUT2D eigenvalue weighted by atomic mass is 10.1. The molecule has 2 N–H and O–H groups in total. The van der Waals surface area contributed by atoms with Crippen LogP contribution >= 0.6 is 0 Å². The summed E-state index contributed by atoms with van der Waals surface area (Å²) in [5.41, 5.74) is 2.20. The summed E-state index contributed by atoms with van der Waals surface area (Å²) < 4.78 is 13.2. The Labute approximate surface area is 174 Å². The first-order valence-corrected chi connectivity index (χ1v) is 9.82. The van der Waals surface area contributed by atoms with E-state index in [4.69, 9.17) is 0 Å². The fourth-order valence-electron chi connectivity index (χ4n) is 3.52. The van der Waals surface area contributed by atoms with Crippen molar-refractivity contribution in [1.82, 2.24) is 4.90 Å². The Bertz CT molecular complexity index is 912. The molecule has 0 saturated carbocycles. The van der Waals surface area contributed by atoms with Gasteiger partial charge < -0.3 is 20.4 Å². The monoisotopic (exact) mass is 412 g/mol.